The van der Waals surface area contributed by atoms with Gasteiger partial charge in [-0.05, 0) is 145 Å². The van der Waals surface area contributed by atoms with Gasteiger partial charge in [-0.2, -0.15) is 0 Å². The summed E-state index contributed by atoms with van der Waals surface area (Å²) in [5.74, 6) is 0. The number of fused-ring (bicyclic) bond motifs is 15. The standard InChI is InChI=1S/C54H34N2/c1-3-16-45(17-4-1)55-51-24-20-41-31-47(51)49-33-43(22-26-53(49)55)44-23-27-54-50(34-44)48-32-42(21-25-52(48)56(54)46-18-5-2-6-19-46)40-15-9-13-38(30-40)36-11-7-10-35(28-36)37-12-8-14-39(41)29-37/h1-34H. The van der Waals surface area contributed by atoms with Crippen LogP contribution in [0.5, 0.6) is 0 Å². The van der Waals surface area contributed by atoms with Crippen molar-refractivity contribution in [2.45, 2.75) is 0 Å². The Balaban J connectivity index is 1.27. The molecule has 0 unspecified atom stereocenters. The normalized spacial score (nSPS) is 11.9. The summed E-state index contributed by atoms with van der Waals surface area (Å²) in [5.41, 5.74) is 7.11. The van der Waals surface area contributed by atoms with Crippen LogP contribution in [-0.2, 0) is 0 Å². The van der Waals surface area contributed by atoms with Gasteiger partial charge in [-0.1, -0.05) is 115 Å². The zero-order chi connectivity index (χ0) is 36.7. The van der Waals surface area contributed by atoms with E-state index in [1.807, 2.05) is 0 Å². The highest BCUT2D eigenvalue weighted by Crippen LogP contribution is 2.38. The molecule has 0 atom stereocenters. The van der Waals surface area contributed by atoms with Crippen molar-refractivity contribution in [1.29, 1.82) is 0 Å². The topological polar surface area (TPSA) is 9.86 Å². The molecule has 0 N–H and O–H groups in total. The fraction of sp³-hybridized carbons (Fsp3) is 0. The number of hydrogen-bond donors (Lipinski definition) is 0. The lowest BCUT2D eigenvalue weighted by atomic mass is 10.0. The lowest BCUT2D eigenvalue weighted by Gasteiger charge is -2.08. The first-order chi connectivity index (χ1) is 27.7. The van der Waals surface area contributed by atoms with Crippen LogP contribution in [0.3, 0.4) is 0 Å². The summed E-state index contributed by atoms with van der Waals surface area (Å²) >= 11 is 0. The van der Waals surface area contributed by atoms with Gasteiger partial charge in [0.1, 0.15) is 0 Å². The van der Waals surface area contributed by atoms with Crippen LogP contribution in [0, 0.1) is 0 Å². The Hall–Kier alpha value is -7.42. The Morgan fingerprint density at radius 3 is 0.714 bits per heavy atom. The second-order valence-electron chi connectivity index (χ2n) is 15.0. The van der Waals surface area contributed by atoms with Gasteiger partial charge in [-0.3, -0.25) is 0 Å². The minimum absolute atomic E-state index is 1.16. The van der Waals surface area contributed by atoms with E-state index in [1.54, 1.807) is 0 Å². The molecule has 0 spiro atoms. The van der Waals surface area contributed by atoms with Crippen molar-refractivity contribution in [2.24, 2.45) is 0 Å². The van der Waals surface area contributed by atoms with Gasteiger partial charge in [0.15, 0.2) is 0 Å². The predicted octanol–water partition coefficient (Wildman–Crippen LogP) is 14.8. The molecule has 10 aromatic carbocycles. The molecule has 2 nitrogen and oxygen atoms in total. The van der Waals surface area contributed by atoms with Crippen molar-refractivity contribution in [1.82, 2.24) is 9.13 Å². The Kier molecular flexibility index (Phi) is 6.66. The molecule has 2 heterocycles. The highest BCUT2D eigenvalue weighted by molar-refractivity contribution is 6.17. The van der Waals surface area contributed by atoms with Crippen molar-refractivity contribution >= 4 is 97.5 Å². The van der Waals surface area contributed by atoms with E-state index < -0.39 is 0 Å². The van der Waals surface area contributed by atoms with Crippen LogP contribution in [0.1, 0.15) is 0 Å². The Morgan fingerprint density at radius 2 is 0.446 bits per heavy atom. The van der Waals surface area contributed by atoms with Crippen molar-refractivity contribution in [3.05, 3.63) is 206 Å². The zero-order valence-electron chi connectivity index (χ0n) is 30.5. The molecule has 0 saturated heterocycles. The largest absolute Gasteiger partial charge is 0.309 e. The smallest absolute Gasteiger partial charge is 0.0541 e. The Bertz CT molecular complexity index is 3390. The number of aromatic nitrogens is 2. The maximum atomic E-state index is 2.41. The third kappa shape index (κ3) is 4.76. The number of hydrogen-bond acceptors (Lipinski definition) is 0. The van der Waals surface area contributed by atoms with E-state index in [4.69, 9.17) is 0 Å². The van der Waals surface area contributed by atoms with E-state index in [-0.39, 0.29) is 0 Å². The van der Waals surface area contributed by atoms with Crippen molar-refractivity contribution < 1.29 is 0 Å². The molecule has 2 aromatic heterocycles. The van der Waals surface area contributed by atoms with E-state index in [2.05, 4.69) is 215 Å². The van der Waals surface area contributed by atoms with Crippen LogP contribution >= 0.6 is 0 Å². The van der Waals surface area contributed by atoms with Crippen molar-refractivity contribution in [3.8, 4) is 11.4 Å². The molecule has 0 aliphatic rings. The predicted molar refractivity (Wildman–Crippen MR) is 240 cm³/mol. The van der Waals surface area contributed by atoms with E-state index in [0.29, 0.717) is 0 Å². The SMILES string of the molecule is c1ccc(-n2c3ccc4cc3c3cc(ccc32)c2ccc3c(c2)c2cc(ccc2n3-c2ccccc2)c2cccc(c2)c2cccc(c2)c2cccc4c2)cc1. The fourth-order valence-corrected chi connectivity index (χ4v) is 9.11. The summed E-state index contributed by atoms with van der Waals surface area (Å²) in [6.45, 7) is 0. The fourth-order valence-electron chi connectivity index (χ4n) is 9.11. The Labute approximate surface area is 323 Å². The molecule has 12 aromatic rings. The summed E-state index contributed by atoms with van der Waals surface area (Å²) in [7, 11) is 0. The average molecular weight is 711 g/mol. The summed E-state index contributed by atoms with van der Waals surface area (Å²) in [5, 5.41) is 17.0. The molecule has 0 radical (unpaired) electrons. The monoisotopic (exact) mass is 710 g/mol. The van der Waals surface area contributed by atoms with Gasteiger partial charge in [-0.15, -0.1) is 0 Å². The molecule has 260 valence electrons. The van der Waals surface area contributed by atoms with Crippen LogP contribution in [0.25, 0.3) is 109 Å². The first kappa shape index (κ1) is 31.0. The van der Waals surface area contributed by atoms with Crippen LogP contribution < -0.4 is 0 Å². The maximum Gasteiger partial charge on any atom is 0.0541 e. The first-order valence-electron chi connectivity index (χ1n) is 19.3. The lowest BCUT2D eigenvalue weighted by molar-refractivity contribution is 1.18. The van der Waals surface area contributed by atoms with Crippen molar-refractivity contribution in [2.75, 3.05) is 0 Å². The van der Waals surface area contributed by atoms with Gasteiger partial charge in [-0.25, -0.2) is 0 Å². The maximum absolute atomic E-state index is 2.41. The molecule has 14 bridgehead atoms. The van der Waals surface area contributed by atoms with Gasteiger partial charge in [0.05, 0.1) is 22.1 Å². The average Bonchev–Trinajstić information content (AvgIpc) is 3.78. The number of nitrogens with zero attached hydrogens (tertiary/aromatic N) is 2. The number of para-hydroxylation sites is 2. The molecule has 0 fully saturated rings. The van der Waals surface area contributed by atoms with Crippen molar-refractivity contribution in [3.63, 3.8) is 0 Å². The van der Waals surface area contributed by atoms with Crippen LogP contribution in [0.4, 0.5) is 0 Å². The molecular weight excluding hydrogens is 677 g/mol. The second kappa shape index (κ2) is 12.0. The van der Waals surface area contributed by atoms with Gasteiger partial charge in [0.25, 0.3) is 0 Å². The van der Waals surface area contributed by atoms with Gasteiger partial charge >= 0.3 is 0 Å². The van der Waals surface area contributed by atoms with E-state index in [9.17, 15) is 0 Å². The van der Waals surface area contributed by atoms with Gasteiger partial charge in [0.2, 0.25) is 0 Å². The van der Waals surface area contributed by atoms with E-state index >= 15 is 0 Å². The molecule has 12 rings (SSSR count). The summed E-state index contributed by atoms with van der Waals surface area (Å²) < 4.78 is 4.82. The molecule has 0 amide bonds. The third-order valence-electron chi connectivity index (χ3n) is 11.8. The minimum atomic E-state index is 1.16. The molecule has 0 aliphatic heterocycles. The molecule has 56 heavy (non-hydrogen) atoms. The number of benzene rings is 9. The second-order valence-corrected chi connectivity index (χ2v) is 15.0. The van der Waals surface area contributed by atoms with Gasteiger partial charge in [0, 0.05) is 32.9 Å². The molecule has 0 saturated carbocycles. The number of rotatable bonds is 2. The third-order valence-corrected chi connectivity index (χ3v) is 11.8. The quantitative estimate of drug-likeness (QED) is 0.169. The van der Waals surface area contributed by atoms with Crippen LogP contribution in [0.2, 0.25) is 0 Å². The lowest BCUT2D eigenvalue weighted by Crippen LogP contribution is -1.92. The highest BCUT2D eigenvalue weighted by atomic mass is 15.0. The molecular formula is C54H34N2. The van der Waals surface area contributed by atoms with E-state index in [1.165, 1.54) is 97.5 Å². The summed E-state index contributed by atoms with van der Waals surface area (Å²) in [6.07, 6.45) is 0. The summed E-state index contributed by atoms with van der Waals surface area (Å²) in [4.78, 5) is 0. The Morgan fingerprint density at radius 1 is 0.196 bits per heavy atom. The minimum Gasteiger partial charge on any atom is -0.309 e. The first-order valence-corrected chi connectivity index (χ1v) is 19.3. The highest BCUT2D eigenvalue weighted by Gasteiger charge is 2.15. The van der Waals surface area contributed by atoms with Gasteiger partial charge < -0.3 is 9.13 Å². The summed E-state index contributed by atoms with van der Waals surface area (Å²) in [6, 6.07) is 76.4. The van der Waals surface area contributed by atoms with Crippen LogP contribution in [-0.4, -0.2) is 9.13 Å². The molecule has 2 heteroatoms. The van der Waals surface area contributed by atoms with Crippen LogP contribution in [0.15, 0.2) is 206 Å². The van der Waals surface area contributed by atoms with E-state index in [0.717, 1.165) is 11.4 Å². The zero-order valence-corrected chi connectivity index (χ0v) is 30.5. The molecule has 0 aliphatic carbocycles.